The van der Waals surface area contributed by atoms with E-state index < -0.39 is 5.91 Å². The van der Waals surface area contributed by atoms with Crippen molar-refractivity contribution < 1.29 is 9.53 Å². The van der Waals surface area contributed by atoms with E-state index in [-0.39, 0.29) is 0 Å². The molecule has 1 amide bonds. The summed E-state index contributed by atoms with van der Waals surface area (Å²) in [6, 6.07) is 11.3. The number of benzene rings is 1. The molecule has 7 heteroatoms. The van der Waals surface area contributed by atoms with Crippen LogP contribution in [0.3, 0.4) is 0 Å². The topological polar surface area (TPSA) is 103 Å². The number of anilines is 1. The Balaban J connectivity index is 2.07. The average molecular weight is 314 g/mol. The first-order chi connectivity index (χ1) is 10.6. The minimum Gasteiger partial charge on any atom is -0.497 e. The maximum absolute atomic E-state index is 11.7. The summed E-state index contributed by atoms with van der Waals surface area (Å²) < 4.78 is 5.14. The number of nitrogens with one attached hydrogen (secondary N) is 1. The first kappa shape index (κ1) is 14.3. The zero-order chi connectivity index (χ0) is 15.7. The number of thiophene rings is 1. The van der Waals surface area contributed by atoms with Crippen LogP contribution in [-0.2, 0) is 0 Å². The maximum atomic E-state index is 11.7. The van der Waals surface area contributed by atoms with Crippen LogP contribution in [0.4, 0.5) is 5.69 Å². The van der Waals surface area contributed by atoms with Crippen LogP contribution >= 0.6 is 11.3 Å². The quantitative estimate of drug-likeness (QED) is 0.390. The highest BCUT2D eigenvalue weighted by molar-refractivity contribution is 7.21. The Morgan fingerprint density at radius 2 is 1.95 bits per heavy atom. The number of nitrogens with two attached hydrogens (primary N) is 2. The summed E-state index contributed by atoms with van der Waals surface area (Å²) in [7, 11) is 1.62. The number of fused-ring (bicyclic) bond motifs is 1. The van der Waals surface area contributed by atoms with Gasteiger partial charge in [0.15, 0.2) is 0 Å². The number of nitrogens with zero attached hydrogens (tertiary/aromatic N) is 1. The van der Waals surface area contributed by atoms with Crippen LogP contribution in [0.1, 0.15) is 9.67 Å². The van der Waals surface area contributed by atoms with Crippen molar-refractivity contribution in [2.45, 2.75) is 0 Å². The molecule has 0 saturated carbocycles. The lowest BCUT2D eigenvalue weighted by molar-refractivity contribution is 0.0958. The monoisotopic (exact) mass is 314 g/mol. The van der Waals surface area contributed by atoms with Gasteiger partial charge >= 0.3 is 0 Å². The summed E-state index contributed by atoms with van der Waals surface area (Å²) >= 11 is 1.22. The molecule has 2 aromatic heterocycles. The zero-order valence-corrected chi connectivity index (χ0v) is 12.6. The Labute approximate surface area is 130 Å². The van der Waals surface area contributed by atoms with Crippen molar-refractivity contribution in [1.29, 1.82) is 0 Å². The van der Waals surface area contributed by atoms with E-state index in [1.165, 1.54) is 11.3 Å². The molecule has 0 atom stereocenters. The van der Waals surface area contributed by atoms with Crippen LogP contribution in [0.5, 0.6) is 5.75 Å². The predicted molar refractivity (Wildman–Crippen MR) is 87.7 cm³/mol. The third kappa shape index (κ3) is 2.36. The van der Waals surface area contributed by atoms with Crippen LogP contribution in [0.2, 0.25) is 0 Å². The molecule has 3 aromatic rings. The summed E-state index contributed by atoms with van der Waals surface area (Å²) in [6.07, 6.45) is 0. The third-order valence-electron chi connectivity index (χ3n) is 3.32. The Hall–Kier alpha value is -2.64. The number of rotatable bonds is 3. The first-order valence-electron chi connectivity index (χ1n) is 6.48. The molecule has 0 aliphatic rings. The van der Waals surface area contributed by atoms with Crippen LogP contribution in [-0.4, -0.2) is 18.0 Å². The van der Waals surface area contributed by atoms with E-state index in [2.05, 4.69) is 10.4 Å². The lowest BCUT2D eigenvalue weighted by Gasteiger charge is -2.03. The van der Waals surface area contributed by atoms with Gasteiger partial charge in [-0.1, -0.05) is 0 Å². The third-order valence-corrected chi connectivity index (χ3v) is 4.43. The number of aromatic nitrogens is 1. The number of hydrogen-bond donors (Lipinski definition) is 3. The fourth-order valence-corrected chi connectivity index (χ4v) is 3.15. The van der Waals surface area contributed by atoms with Crippen molar-refractivity contribution in [2.75, 3.05) is 12.8 Å². The number of methoxy groups -OCH3 is 1. The lowest BCUT2D eigenvalue weighted by Crippen LogP contribution is -2.29. The molecule has 112 valence electrons. The van der Waals surface area contributed by atoms with Crippen LogP contribution < -0.4 is 21.7 Å². The molecule has 5 N–H and O–H groups in total. The van der Waals surface area contributed by atoms with E-state index >= 15 is 0 Å². The van der Waals surface area contributed by atoms with Crippen molar-refractivity contribution in [3.05, 3.63) is 41.3 Å². The average Bonchev–Trinajstić information content (AvgIpc) is 2.90. The zero-order valence-electron chi connectivity index (χ0n) is 11.8. The molecule has 0 unspecified atom stereocenters. The van der Waals surface area contributed by atoms with E-state index in [0.717, 1.165) is 22.4 Å². The van der Waals surface area contributed by atoms with Crippen molar-refractivity contribution in [3.8, 4) is 17.0 Å². The molecule has 2 heterocycles. The Morgan fingerprint density at radius 1 is 1.23 bits per heavy atom. The molecule has 0 spiro atoms. The second kappa shape index (κ2) is 5.63. The van der Waals surface area contributed by atoms with Crippen molar-refractivity contribution in [3.63, 3.8) is 0 Å². The minimum atomic E-state index is -0.411. The molecule has 0 aliphatic heterocycles. The first-order valence-corrected chi connectivity index (χ1v) is 7.30. The Kier molecular flexibility index (Phi) is 3.66. The fraction of sp³-hybridized carbons (Fsp3) is 0.0667. The molecular formula is C15H14N4O2S. The minimum absolute atomic E-state index is 0.372. The van der Waals surface area contributed by atoms with Gasteiger partial charge in [-0.25, -0.2) is 10.8 Å². The number of pyridine rings is 1. The molecule has 0 bridgehead atoms. The molecule has 0 radical (unpaired) electrons. The van der Waals surface area contributed by atoms with Crippen molar-refractivity contribution >= 4 is 33.1 Å². The maximum Gasteiger partial charge on any atom is 0.277 e. The van der Waals surface area contributed by atoms with E-state index in [1.807, 2.05) is 36.4 Å². The van der Waals surface area contributed by atoms with Gasteiger partial charge in [-0.2, -0.15) is 0 Å². The second-order valence-electron chi connectivity index (χ2n) is 4.60. The molecule has 0 aliphatic carbocycles. The van der Waals surface area contributed by atoms with E-state index in [9.17, 15) is 4.79 Å². The Morgan fingerprint density at radius 3 is 2.59 bits per heavy atom. The molecular weight excluding hydrogens is 300 g/mol. The summed E-state index contributed by atoms with van der Waals surface area (Å²) in [6.45, 7) is 0. The van der Waals surface area contributed by atoms with Crippen LogP contribution in [0.15, 0.2) is 36.4 Å². The number of amides is 1. The van der Waals surface area contributed by atoms with E-state index in [1.54, 1.807) is 7.11 Å². The van der Waals surface area contributed by atoms with Gasteiger partial charge in [-0.05, 0) is 36.4 Å². The largest absolute Gasteiger partial charge is 0.497 e. The molecule has 1 aromatic carbocycles. The lowest BCUT2D eigenvalue weighted by atomic mass is 10.1. The Bertz CT molecular complexity index is 843. The second-order valence-corrected chi connectivity index (χ2v) is 5.60. The molecule has 0 saturated heterocycles. The molecule has 22 heavy (non-hydrogen) atoms. The molecule has 0 fully saturated rings. The fourth-order valence-electron chi connectivity index (χ4n) is 2.15. The normalized spacial score (nSPS) is 10.6. The van der Waals surface area contributed by atoms with Crippen molar-refractivity contribution in [1.82, 2.24) is 10.4 Å². The highest BCUT2D eigenvalue weighted by Crippen LogP contribution is 2.34. The van der Waals surface area contributed by atoms with Crippen molar-refractivity contribution in [2.24, 2.45) is 5.84 Å². The number of nitrogen functional groups attached to an aromatic ring is 2. The van der Waals surface area contributed by atoms with Gasteiger partial charge in [0.25, 0.3) is 5.91 Å². The molecule has 3 rings (SSSR count). The summed E-state index contributed by atoms with van der Waals surface area (Å²) in [4.78, 5) is 17.3. The molecule has 6 nitrogen and oxygen atoms in total. The van der Waals surface area contributed by atoms with Gasteiger partial charge < -0.3 is 10.5 Å². The van der Waals surface area contributed by atoms with Crippen LogP contribution in [0.25, 0.3) is 21.5 Å². The number of hydrogen-bond acceptors (Lipinski definition) is 6. The summed E-state index contributed by atoms with van der Waals surface area (Å²) in [5.41, 5.74) is 10.2. The van der Waals surface area contributed by atoms with Gasteiger partial charge in [-0.3, -0.25) is 10.2 Å². The van der Waals surface area contributed by atoms with Gasteiger partial charge in [-0.15, -0.1) is 11.3 Å². The van der Waals surface area contributed by atoms with Gasteiger partial charge in [0, 0.05) is 10.9 Å². The summed E-state index contributed by atoms with van der Waals surface area (Å²) in [5.74, 6) is 5.54. The number of carbonyl (C=O) groups is 1. The SMILES string of the molecule is COc1ccc(-c2ccc3c(N)c(C(=O)NN)sc3n2)cc1. The van der Waals surface area contributed by atoms with Crippen LogP contribution in [0, 0.1) is 0 Å². The van der Waals surface area contributed by atoms with Gasteiger partial charge in [0.1, 0.15) is 15.5 Å². The predicted octanol–water partition coefficient (Wildman–Crippen LogP) is 2.16. The number of hydrazine groups is 1. The highest BCUT2D eigenvalue weighted by Gasteiger charge is 2.16. The van der Waals surface area contributed by atoms with Gasteiger partial charge in [0.05, 0.1) is 18.5 Å². The standard InChI is InChI=1S/C15H14N4O2S/c1-21-9-4-2-8(3-5-9)11-7-6-10-12(16)13(14(20)19-17)22-15(10)18-11/h2-7H,16-17H2,1H3,(H,19,20). The highest BCUT2D eigenvalue weighted by atomic mass is 32.1. The summed E-state index contributed by atoms with van der Waals surface area (Å²) in [5, 5.41) is 0.751. The number of ether oxygens (including phenoxy) is 1. The van der Waals surface area contributed by atoms with Gasteiger partial charge in [0.2, 0.25) is 0 Å². The number of carbonyl (C=O) groups excluding carboxylic acids is 1. The van der Waals surface area contributed by atoms with E-state index in [4.69, 9.17) is 16.3 Å². The smallest absolute Gasteiger partial charge is 0.277 e. The van der Waals surface area contributed by atoms with E-state index in [0.29, 0.717) is 15.4 Å².